The number of nitrogens with zero attached hydrogens (tertiary/aromatic N) is 1. The number of nitrogens with one attached hydrogen (secondary N) is 1. The van der Waals surface area contributed by atoms with E-state index in [2.05, 4.69) is 0 Å². The van der Waals surface area contributed by atoms with Gasteiger partial charge in [0.05, 0.1) is 0 Å². The number of halogens is 4. The average molecular weight is 281 g/mol. The topological polar surface area (TPSA) is 53.1 Å². The predicted molar refractivity (Wildman–Crippen MR) is 61.7 cm³/mol. The van der Waals surface area contributed by atoms with Crippen LogP contribution in [-0.4, -0.2) is 23.4 Å². The van der Waals surface area contributed by atoms with Crippen LogP contribution in [0.25, 0.3) is 0 Å². The zero-order valence-electron chi connectivity index (χ0n) is 9.38. The molecule has 0 saturated carbocycles. The van der Waals surface area contributed by atoms with Crippen molar-refractivity contribution in [2.75, 3.05) is 7.05 Å². The number of guanidine groups is 1. The molecule has 0 fully saturated rings. The minimum Gasteiger partial charge on any atom is -0.370 e. The molecule has 0 aromatic heterocycles. The Morgan fingerprint density at radius 3 is 2.56 bits per heavy atom. The van der Waals surface area contributed by atoms with Crippen LogP contribution in [0.5, 0.6) is 0 Å². The van der Waals surface area contributed by atoms with Crippen molar-refractivity contribution in [2.45, 2.75) is 16.9 Å². The molecule has 0 spiro atoms. The van der Waals surface area contributed by atoms with Crippen molar-refractivity contribution in [3.05, 3.63) is 29.6 Å². The largest absolute Gasteiger partial charge is 0.446 e. The Kier molecular flexibility index (Phi) is 4.44. The fourth-order valence-electron chi connectivity index (χ4n) is 1.23. The van der Waals surface area contributed by atoms with Gasteiger partial charge in [0.25, 0.3) is 0 Å². The summed E-state index contributed by atoms with van der Waals surface area (Å²) < 4.78 is 50.5. The maximum Gasteiger partial charge on any atom is 0.446 e. The summed E-state index contributed by atoms with van der Waals surface area (Å²) in [7, 11) is 1.40. The second-order valence-corrected chi connectivity index (χ2v) is 4.61. The fraction of sp³-hybridized carbons (Fsp3) is 0.300. The fourth-order valence-corrected chi connectivity index (χ4v) is 1.92. The maximum atomic E-state index is 13.5. The maximum absolute atomic E-state index is 13.5. The first-order chi connectivity index (χ1) is 8.20. The highest BCUT2D eigenvalue weighted by atomic mass is 32.2. The Morgan fingerprint density at radius 1 is 1.44 bits per heavy atom. The molecule has 0 bridgehead atoms. The first kappa shape index (κ1) is 14.6. The van der Waals surface area contributed by atoms with Crippen LogP contribution in [0.2, 0.25) is 0 Å². The van der Waals surface area contributed by atoms with Crippen LogP contribution in [0.15, 0.2) is 23.1 Å². The van der Waals surface area contributed by atoms with Crippen molar-refractivity contribution in [1.29, 1.82) is 5.41 Å². The number of hydrogen-bond acceptors (Lipinski definition) is 2. The Morgan fingerprint density at radius 2 is 2.06 bits per heavy atom. The lowest BCUT2D eigenvalue weighted by Crippen LogP contribution is -2.32. The second kappa shape index (κ2) is 5.47. The number of benzene rings is 1. The van der Waals surface area contributed by atoms with Gasteiger partial charge in [-0.2, -0.15) is 13.2 Å². The molecule has 0 unspecified atom stereocenters. The number of alkyl halides is 3. The molecule has 0 amide bonds. The van der Waals surface area contributed by atoms with Gasteiger partial charge in [-0.1, -0.05) is 6.07 Å². The summed E-state index contributed by atoms with van der Waals surface area (Å²) in [5, 5.41) is 7.12. The second-order valence-electron chi connectivity index (χ2n) is 3.51. The molecular formula is C10H11F4N3S. The molecule has 0 aliphatic heterocycles. The lowest BCUT2D eigenvalue weighted by Gasteiger charge is -2.19. The van der Waals surface area contributed by atoms with Crippen LogP contribution in [-0.2, 0) is 6.54 Å². The summed E-state index contributed by atoms with van der Waals surface area (Å²) in [5.41, 5.74) is 0.553. The van der Waals surface area contributed by atoms with Gasteiger partial charge in [-0.25, -0.2) is 4.39 Å². The zero-order valence-corrected chi connectivity index (χ0v) is 10.2. The van der Waals surface area contributed by atoms with Crippen molar-refractivity contribution < 1.29 is 17.6 Å². The van der Waals surface area contributed by atoms with E-state index in [-0.39, 0.29) is 34.7 Å². The predicted octanol–water partition coefficient (Wildman–Crippen LogP) is 2.76. The monoisotopic (exact) mass is 281 g/mol. The van der Waals surface area contributed by atoms with Gasteiger partial charge >= 0.3 is 5.51 Å². The molecule has 1 rings (SSSR count). The van der Waals surface area contributed by atoms with E-state index in [1.807, 2.05) is 0 Å². The van der Waals surface area contributed by atoms with Crippen LogP contribution in [0.1, 0.15) is 5.56 Å². The van der Waals surface area contributed by atoms with Crippen molar-refractivity contribution in [1.82, 2.24) is 4.90 Å². The van der Waals surface area contributed by atoms with Crippen LogP contribution < -0.4 is 5.73 Å². The van der Waals surface area contributed by atoms with Crippen molar-refractivity contribution in [3.63, 3.8) is 0 Å². The quantitative estimate of drug-likeness (QED) is 0.388. The molecule has 1 aromatic carbocycles. The zero-order chi connectivity index (χ0) is 13.9. The van der Waals surface area contributed by atoms with Crippen LogP contribution in [0.3, 0.4) is 0 Å². The van der Waals surface area contributed by atoms with Gasteiger partial charge in [-0.3, -0.25) is 5.41 Å². The minimum atomic E-state index is -4.49. The van der Waals surface area contributed by atoms with E-state index in [1.165, 1.54) is 19.2 Å². The van der Waals surface area contributed by atoms with Gasteiger partial charge in [0.2, 0.25) is 0 Å². The van der Waals surface area contributed by atoms with Gasteiger partial charge in [-0.05, 0) is 23.9 Å². The van der Waals surface area contributed by atoms with Gasteiger partial charge in [0.1, 0.15) is 5.82 Å². The summed E-state index contributed by atoms with van der Waals surface area (Å²) >= 11 is -0.383. The third-order valence-electron chi connectivity index (χ3n) is 2.11. The molecule has 100 valence electrons. The Bertz CT molecular complexity index is 447. The minimum absolute atomic E-state index is 0.127. The van der Waals surface area contributed by atoms with Gasteiger partial charge < -0.3 is 10.6 Å². The van der Waals surface area contributed by atoms with Crippen LogP contribution in [0, 0.1) is 11.2 Å². The van der Waals surface area contributed by atoms with Gasteiger partial charge in [0.15, 0.2) is 5.96 Å². The van der Waals surface area contributed by atoms with Crippen LogP contribution in [0.4, 0.5) is 17.6 Å². The highest BCUT2D eigenvalue weighted by Gasteiger charge is 2.31. The van der Waals surface area contributed by atoms with Crippen molar-refractivity contribution >= 4 is 17.7 Å². The molecule has 0 heterocycles. The van der Waals surface area contributed by atoms with E-state index >= 15 is 0 Å². The summed E-state index contributed by atoms with van der Waals surface area (Å²) in [4.78, 5) is 0.925. The van der Waals surface area contributed by atoms with Gasteiger partial charge in [0, 0.05) is 24.1 Å². The molecule has 0 aliphatic carbocycles. The van der Waals surface area contributed by atoms with Crippen molar-refractivity contribution in [3.8, 4) is 0 Å². The lowest BCUT2D eigenvalue weighted by molar-refractivity contribution is -0.0328. The molecule has 8 heteroatoms. The molecule has 3 N–H and O–H groups in total. The third-order valence-corrected chi connectivity index (χ3v) is 2.94. The first-order valence-corrected chi connectivity index (χ1v) is 5.60. The van der Waals surface area contributed by atoms with E-state index in [9.17, 15) is 17.6 Å². The number of rotatable bonds is 3. The van der Waals surface area contributed by atoms with Gasteiger partial charge in [-0.15, -0.1) is 0 Å². The summed E-state index contributed by atoms with van der Waals surface area (Å²) in [6, 6.07) is 3.47. The van der Waals surface area contributed by atoms with E-state index in [4.69, 9.17) is 11.1 Å². The highest BCUT2D eigenvalue weighted by molar-refractivity contribution is 8.00. The molecule has 1 aromatic rings. The normalized spacial score (nSPS) is 11.4. The smallest absolute Gasteiger partial charge is 0.370 e. The Labute approximate surface area is 105 Å². The SMILES string of the molecule is CN(Cc1c(F)cccc1SC(F)(F)F)C(=N)N. The summed E-state index contributed by atoms with van der Waals surface area (Å²) in [6.07, 6.45) is 0. The Balaban J connectivity index is 3.04. The summed E-state index contributed by atoms with van der Waals surface area (Å²) in [6.45, 7) is -0.194. The standard InChI is InChI=1S/C10H11F4N3S/c1-17(9(15)16)5-6-7(11)3-2-4-8(6)18-10(12,13)14/h2-4H,5H2,1H3,(H3,15,16). The molecule has 0 saturated heterocycles. The first-order valence-electron chi connectivity index (χ1n) is 4.79. The molecule has 0 atom stereocenters. The van der Waals surface area contributed by atoms with E-state index in [0.717, 1.165) is 11.0 Å². The summed E-state index contributed by atoms with van der Waals surface area (Å²) in [5.74, 6) is -1.10. The Hall–Kier alpha value is -1.44. The third kappa shape index (κ3) is 4.10. The molecular weight excluding hydrogens is 270 g/mol. The lowest BCUT2D eigenvalue weighted by atomic mass is 10.2. The van der Waals surface area contributed by atoms with E-state index < -0.39 is 11.3 Å². The van der Waals surface area contributed by atoms with Crippen molar-refractivity contribution in [2.24, 2.45) is 5.73 Å². The average Bonchev–Trinajstić information content (AvgIpc) is 2.20. The highest BCUT2D eigenvalue weighted by Crippen LogP contribution is 2.39. The molecule has 3 nitrogen and oxygen atoms in total. The number of thioether (sulfide) groups is 1. The van der Waals surface area contributed by atoms with Crippen LogP contribution >= 0.6 is 11.8 Å². The molecule has 0 radical (unpaired) electrons. The molecule has 18 heavy (non-hydrogen) atoms. The number of nitrogens with two attached hydrogens (primary N) is 1. The number of hydrogen-bond donors (Lipinski definition) is 2. The van der Waals surface area contributed by atoms with E-state index in [0.29, 0.717) is 0 Å². The van der Waals surface area contributed by atoms with E-state index in [1.54, 1.807) is 0 Å². The molecule has 0 aliphatic rings.